The van der Waals surface area contributed by atoms with E-state index in [1.807, 2.05) is 4.68 Å². The number of ether oxygens (including phenoxy) is 1. The molecule has 0 N–H and O–H groups in total. The summed E-state index contributed by atoms with van der Waals surface area (Å²) in [6, 6.07) is 14.1. The summed E-state index contributed by atoms with van der Waals surface area (Å²) in [5.41, 5.74) is 4.27. The molecule has 0 radical (unpaired) electrons. The average molecular weight is 377 g/mol. The van der Waals surface area contributed by atoms with Gasteiger partial charge in [-0.2, -0.15) is 4.98 Å². The van der Waals surface area contributed by atoms with Crippen molar-refractivity contribution in [3.63, 3.8) is 0 Å². The Morgan fingerprint density at radius 1 is 1.07 bits per heavy atom. The van der Waals surface area contributed by atoms with E-state index < -0.39 is 0 Å². The largest absolute Gasteiger partial charge is 0.365 e. The lowest BCUT2D eigenvalue weighted by molar-refractivity contribution is -0.00112. The summed E-state index contributed by atoms with van der Waals surface area (Å²) in [6.45, 7) is 2.97. The predicted octanol–water partition coefficient (Wildman–Crippen LogP) is 3.71. The number of hydrogen-bond acceptors (Lipinski definition) is 6. The van der Waals surface area contributed by atoms with Crippen LogP contribution in [0.2, 0.25) is 0 Å². The molecule has 0 saturated heterocycles. The van der Waals surface area contributed by atoms with Gasteiger partial charge in [0.15, 0.2) is 5.69 Å². The SMILES string of the molecule is Cc1ccc([C@H]2Cn3nnc(-c4noc(-c5ccc(F)cc5)n4)c3CO2)cc1. The second-order valence-electron chi connectivity index (χ2n) is 6.71. The molecule has 28 heavy (non-hydrogen) atoms. The highest BCUT2D eigenvalue weighted by Gasteiger charge is 2.27. The molecular formula is C20H16FN5O2. The van der Waals surface area contributed by atoms with E-state index in [1.165, 1.54) is 17.7 Å². The first-order valence-corrected chi connectivity index (χ1v) is 8.88. The van der Waals surface area contributed by atoms with Gasteiger partial charge in [0.05, 0.1) is 18.8 Å². The Kier molecular flexibility index (Phi) is 3.98. The minimum Gasteiger partial charge on any atom is -0.365 e. The maximum atomic E-state index is 13.1. The van der Waals surface area contributed by atoms with E-state index in [2.05, 4.69) is 51.6 Å². The molecular weight excluding hydrogens is 361 g/mol. The maximum Gasteiger partial charge on any atom is 0.258 e. The minimum absolute atomic E-state index is 0.0808. The lowest BCUT2D eigenvalue weighted by Crippen LogP contribution is -2.22. The molecule has 0 amide bonds. The van der Waals surface area contributed by atoms with E-state index in [0.29, 0.717) is 36.1 Å². The minimum atomic E-state index is -0.323. The number of hydrogen-bond donors (Lipinski definition) is 0. The van der Waals surface area contributed by atoms with Gasteiger partial charge in [-0.1, -0.05) is 40.2 Å². The molecule has 0 spiro atoms. The summed E-state index contributed by atoms with van der Waals surface area (Å²) < 4.78 is 26.2. The standard InChI is InChI=1S/C20H16FN5O2/c1-12-2-4-13(5-3-12)17-10-26-16(11-27-17)18(23-25-26)19-22-20(28-24-19)14-6-8-15(21)9-7-14/h2-9,17H,10-11H2,1H3/t17-/m1/s1. The van der Waals surface area contributed by atoms with Gasteiger partial charge in [0, 0.05) is 5.56 Å². The molecule has 7 nitrogen and oxygen atoms in total. The van der Waals surface area contributed by atoms with E-state index in [4.69, 9.17) is 9.26 Å². The molecule has 2 aromatic heterocycles. The number of fused-ring (bicyclic) bond motifs is 1. The zero-order chi connectivity index (χ0) is 19.1. The molecule has 3 heterocycles. The molecule has 0 unspecified atom stereocenters. The van der Waals surface area contributed by atoms with Crippen LogP contribution < -0.4 is 0 Å². The first-order chi connectivity index (χ1) is 13.7. The van der Waals surface area contributed by atoms with E-state index in [-0.39, 0.29) is 11.9 Å². The smallest absolute Gasteiger partial charge is 0.258 e. The van der Waals surface area contributed by atoms with E-state index in [0.717, 1.165) is 11.3 Å². The molecule has 0 aliphatic carbocycles. The van der Waals surface area contributed by atoms with Gasteiger partial charge in [-0.25, -0.2) is 9.07 Å². The van der Waals surface area contributed by atoms with Crippen molar-refractivity contribution < 1.29 is 13.7 Å². The second kappa shape index (κ2) is 6.65. The fourth-order valence-corrected chi connectivity index (χ4v) is 3.20. The van der Waals surface area contributed by atoms with Crippen molar-refractivity contribution in [3.05, 3.63) is 71.2 Å². The van der Waals surface area contributed by atoms with E-state index in [1.54, 1.807) is 12.1 Å². The van der Waals surface area contributed by atoms with Crippen LogP contribution in [0.1, 0.15) is 22.9 Å². The highest BCUT2D eigenvalue weighted by Crippen LogP contribution is 2.30. The molecule has 1 aliphatic heterocycles. The van der Waals surface area contributed by atoms with Gasteiger partial charge in [-0.05, 0) is 36.8 Å². The topological polar surface area (TPSA) is 78.9 Å². The zero-order valence-electron chi connectivity index (χ0n) is 15.0. The molecule has 0 bridgehead atoms. The highest BCUT2D eigenvalue weighted by atomic mass is 19.1. The zero-order valence-corrected chi connectivity index (χ0v) is 15.0. The van der Waals surface area contributed by atoms with Crippen LogP contribution >= 0.6 is 0 Å². The van der Waals surface area contributed by atoms with Crippen molar-refractivity contribution in [2.75, 3.05) is 0 Å². The maximum absolute atomic E-state index is 13.1. The van der Waals surface area contributed by atoms with Crippen molar-refractivity contribution in [2.45, 2.75) is 26.2 Å². The van der Waals surface area contributed by atoms with E-state index in [9.17, 15) is 4.39 Å². The van der Waals surface area contributed by atoms with Crippen LogP contribution in [0.4, 0.5) is 4.39 Å². The number of aromatic nitrogens is 5. The molecule has 5 rings (SSSR count). The Morgan fingerprint density at radius 3 is 2.64 bits per heavy atom. The quantitative estimate of drug-likeness (QED) is 0.541. The van der Waals surface area contributed by atoms with Crippen LogP contribution in [0.15, 0.2) is 53.1 Å². The van der Waals surface area contributed by atoms with E-state index >= 15 is 0 Å². The fraction of sp³-hybridized carbons (Fsp3) is 0.200. The summed E-state index contributed by atoms with van der Waals surface area (Å²) in [5, 5.41) is 12.5. The number of rotatable bonds is 3. The second-order valence-corrected chi connectivity index (χ2v) is 6.71. The van der Waals surface area contributed by atoms with Gasteiger partial charge in [-0.15, -0.1) is 5.10 Å². The Hall–Kier alpha value is -3.39. The third-order valence-corrected chi connectivity index (χ3v) is 4.78. The Bertz CT molecular complexity index is 1120. The normalized spacial score (nSPS) is 16.1. The molecule has 1 atom stereocenters. The van der Waals surface area contributed by atoms with Crippen molar-refractivity contribution in [2.24, 2.45) is 0 Å². The third-order valence-electron chi connectivity index (χ3n) is 4.78. The highest BCUT2D eigenvalue weighted by molar-refractivity contribution is 5.58. The van der Waals surface area contributed by atoms with Crippen molar-refractivity contribution >= 4 is 0 Å². The van der Waals surface area contributed by atoms with Gasteiger partial charge in [0.1, 0.15) is 11.9 Å². The summed E-state index contributed by atoms with van der Waals surface area (Å²) in [5.74, 6) is 0.306. The third kappa shape index (κ3) is 2.97. The summed E-state index contributed by atoms with van der Waals surface area (Å²) in [7, 11) is 0. The number of aryl methyl sites for hydroxylation is 1. The molecule has 140 valence electrons. The first kappa shape index (κ1) is 16.8. The van der Waals surface area contributed by atoms with Crippen LogP contribution in [0.3, 0.4) is 0 Å². The van der Waals surface area contributed by atoms with Crippen molar-refractivity contribution in [1.82, 2.24) is 25.1 Å². The molecule has 1 aliphatic rings. The number of halogens is 1. The lowest BCUT2D eigenvalue weighted by atomic mass is 10.1. The summed E-state index contributed by atoms with van der Waals surface area (Å²) >= 11 is 0. The van der Waals surface area contributed by atoms with Crippen LogP contribution in [-0.2, 0) is 17.9 Å². The van der Waals surface area contributed by atoms with Crippen molar-refractivity contribution in [1.29, 1.82) is 0 Å². The average Bonchev–Trinajstić information content (AvgIpc) is 3.35. The van der Waals surface area contributed by atoms with Gasteiger partial charge in [-0.3, -0.25) is 0 Å². The van der Waals surface area contributed by atoms with Gasteiger partial charge >= 0.3 is 0 Å². The molecule has 2 aromatic carbocycles. The Morgan fingerprint density at radius 2 is 1.86 bits per heavy atom. The monoisotopic (exact) mass is 377 g/mol. The summed E-state index contributed by atoms with van der Waals surface area (Å²) in [6.07, 6.45) is -0.0808. The Balaban J connectivity index is 1.41. The fourth-order valence-electron chi connectivity index (χ4n) is 3.20. The molecule has 0 fully saturated rings. The lowest BCUT2D eigenvalue weighted by Gasteiger charge is -2.24. The summed E-state index contributed by atoms with van der Waals surface area (Å²) in [4.78, 5) is 4.38. The van der Waals surface area contributed by atoms with Crippen molar-refractivity contribution in [3.8, 4) is 23.0 Å². The van der Waals surface area contributed by atoms with Gasteiger partial charge < -0.3 is 9.26 Å². The van der Waals surface area contributed by atoms with Crippen LogP contribution in [-0.4, -0.2) is 25.1 Å². The molecule has 8 heteroatoms. The van der Waals surface area contributed by atoms with Crippen LogP contribution in [0.25, 0.3) is 23.0 Å². The van der Waals surface area contributed by atoms with Crippen LogP contribution in [0.5, 0.6) is 0 Å². The van der Waals surface area contributed by atoms with Gasteiger partial charge in [0.25, 0.3) is 5.89 Å². The van der Waals surface area contributed by atoms with Crippen LogP contribution in [0, 0.1) is 12.7 Å². The predicted molar refractivity (Wildman–Crippen MR) is 97.4 cm³/mol. The number of benzene rings is 2. The molecule has 4 aromatic rings. The number of nitrogens with zero attached hydrogens (tertiary/aromatic N) is 5. The Labute approximate surface area is 159 Å². The van der Waals surface area contributed by atoms with Gasteiger partial charge in [0.2, 0.25) is 5.82 Å². The molecule has 0 saturated carbocycles. The first-order valence-electron chi connectivity index (χ1n) is 8.88.